The minimum absolute atomic E-state index is 0.0995. The van der Waals surface area contributed by atoms with Gasteiger partial charge in [0.1, 0.15) is 5.56 Å². The molecule has 1 amide bonds. The van der Waals surface area contributed by atoms with E-state index in [0.717, 1.165) is 22.5 Å². The van der Waals surface area contributed by atoms with Crippen LogP contribution in [-0.2, 0) is 13.0 Å². The smallest absolute Gasteiger partial charge is 0.282 e. The van der Waals surface area contributed by atoms with E-state index in [9.17, 15) is 14.9 Å². The Balaban J connectivity index is 1.66. The number of hydrogen-bond donors (Lipinski definition) is 1. The Kier molecular flexibility index (Phi) is 4.37. The summed E-state index contributed by atoms with van der Waals surface area (Å²) >= 11 is 5.95. The van der Waals surface area contributed by atoms with Crippen molar-refractivity contribution in [3.05, 3.63) is 80.5 Å². The van der Waals surface area contributed by atoms with Crippen molar-refractivity contribution in [2.75, 3.05) is 6.54 Å². The molecule has 2 aromatic carbocycles. The van der Waals surface area contributed by atoms with Gasteiger partial charge >= 0.3 is 0 Å². The quantitative estimate of drug-likeness (QED) is 0.550. The molecule has 0 radical (unpaired) electrons. The van der Waals surface area contributed by atoms with Gasteiger partial charge in [0.2, 0.25) is 0 Å². The molecule has 0 atom stereocenters. The summed E-state index contributed by atoms with van der Waals surface area (Å²) in [6.45, 7) is 0.814. The maximum Gasteiger partial charge on any atom is 0.282 e. The molecule has 0 fully saturated rings. The number of fused-ring (bicyclic) bond motifs is 1. The molecule has 0 spiro atoms. The first kappa shape index (κ1) is 17.2. The Labute approximate surface area is 159 Å². The first-order chi connectivity index (χ1) is 13.0. The van der Waals surface area contributed by atoms with Crippen molar-refractivity contribution in [2.24, 2.45) is 0 Å². The largest absolute Gasteiger partial charge is 0.334 e. The van der Waals surface area contributed by atoms with E-state index in [-0.39, 0.29) is 17.2 Å². The lowest BCUT2D eigenvalue weighted by molar-refractivity contribution is -0.385. The van der Waals surface area contributed by atoms with Crippen LogP contribution < -0.4 is 0 Å². The number of aromatic amines is 1. The van der Waals surface area contributed by atoms with Crippen molar-refractivity contribution in [1.29, 1.82) is 0 Å². The van der Waals surface area contributed by atoms with Crippen LogP contribution in [0.15, 0.2) is 48.5 Å². The number of halogens is 1. The number of H-pyrrole nitrogens is 1. The maximum absolute atomic E-state index is 12.9. The molecule has 0 saturated carbocycles. The second-order valence-corrected chi connectivity index (χ2v) is 6.72. The van der Waals surface area contributed by atoms with Crippen molar-refractivity contribution < 1.29 is 9.72 Å². The Morgan fingerprint density at radius 3 is 2.67 bits per heavy atom. The van der Waals surface area contributed by atoms with Crippen LogP contribution in [0.4, 0.5) is 5.69 Å². The number of nitrogens with zero attached hydrogens (tertiary/aromatic N) is 3. The molecule has 1 aliphatic heterocycles. The second kappa shape index (κ2) is 6.85. The molecule has 0 saturated heterocycles. The lowest BCUT2D eigenvalue weighted by Gasteiger charge is -2.27. The Hall–Kier alpha value is -3.19. The summed E-state index contributed by atoms with van der Waals surface area (Å²) in [5.41, 5.74) is 3.49. The van der Waals surface area contributed by atoms with E-state index < -0.39 is 4.92 Å². The first-order valence-corrected chi connectivity index (χ1v) is 8.77. The molecule has 0 bridgehead atoms. The van der Waals surface area contributed by atoms with Crippen LogP contribution >= 0.6 is 11.6 Å². The van der Waals surface area contributed by atoms with E-state index in [1.807, 2.05) is 12.1 Å². The lowest BCUT2D eigenvalue weighted by atomic mass is 10.00. The van der Waals surface area contributed by atoms with E-state index in [1.165, 1.54) is 12.1 Å². The van der Waals surface area contributed by atoms with Crippen molar-refractivity contribution in [3.8, 4) is 11.3 Å². The van der Waals surface area contributed by atoms with E-state index in [4.69, 9.17) is 11.6 Å². The number of carbonyl (C=O) groups excluding carboxylic acids is 1. The Bertz CT molecular complexity index is 1030. The molecule has 2 heterocycles. The zero-order valence-corrected chi connectivity index (χ0v) is 14.9. The van der Waals surface area contributed by atoms with Crippen molar-refractivity contribution >= 4 is 23.2 Å². The number of para-hydroxylation sites is 1. The van der Waals surface area contributed by atoms with Gasteiger partial charge in [0, 0.05) is 47.4 Å². The Morgan fingerprint density at radius 2 is 1.93 bits per heavy atom. The number of nitro groups is 1. The highest BCUT2D eigenvalue weighted by Crippen LogP contribution is 2.30. The third-order valence-electron chi connectivity index (χ3n) is 4.67. The molecule has 0 aliphatic carbocycles. The average Bonchev–Trinajstić information content (AvgIpc) is 3.11. The SMILES string of the molecule is O=C(c1ccccc1[N+](=O)[O-])N1CCc2[nH]nc(-c3ccc(Cl)cc3)c2C1. The fourth-order valence-electron chi connectivity index (χ4n) is 3.30. The molecule has 27 heavy (non-hydrogen) atoms. The Morgan fingerprint density at radius 1 is 1.19 bits per heavy atom. The molecule has 8 heteroatoms. The third-order valence-corrected chi connectivity index (χ3v) is 4.92. The molecule has 1 aromatic heterocycles. The van der Waals surface area contributed by atoms with Gasteiger partial charge in [0.05, 0.1) is 10.6 Å². The number of carbonyl (C=O) groups is 1. The van der Waals surface area contributed by atoms with E-state index in [1.54, 1.807) is 29.2 Å². The van der Waals surface area contributed by atoms with E-state index in [0.29, 0.717) is 24.5 Å². The summed E-state index contributed by atoms with van der Waals surface area (Å²) < 4.78 is 0. The topological polar surface area (TPSA) is 92.1 Å². The summed E-state index contributed by atoms with van der Waals surface area (Å²) in [6, 6.07) is 13.4. The van der Waals surface area contributed by atoms with Gasteiger partial charge in [-0.25, -0.2) is 0 Å². The number of rotatable bonds is 3. The van der Waals surface area contributed by atoms with Gasteiger partial charge in [-0.2, -0.15) is 5.10 Å². The molecule has 1 aliphatic rings. The molecule has 1 N–H and O–H groups in total. The number of hydrogen-bond acceptors (Lipinski definition) is 4. The van der Waals surface area contributed by atoms with Gasteiger partial charge in [-0.3, -0.25) is 20.0 Å². The highest BCUT2D eigenvalue weighted by atomic mass is 35.5. The van der Waals surface area contributed by atoms with Crippen LogP contribution in [0.2, 0.25) is 5.02 Å². The molecule has 136 valence electrons. The summed E-state index contributed by atoms with van der Waals surface area (Å²) in [6.07, 6.45) is 0.613. The molecular weight excluding hydrogens is 368 g/mol. The molecule has 7 nitrogen and oxygen atoms in total. The highest BCUT2D eigenvalue weighted by molar-refractivity contribution is 6.30. The van der Waals surface area contributed by atoms with Crippen LogP contribution in [-0.4, -0.2) is 32.5 Å². The van der Waals surface area contributed by atoms with Crippen LogP contribution in [0.5, 0.6) is 0 Å². The van der Waals surface area contributed by atoms with Crippen LogP contribution in [0, 0.1) is 10.1 Å². The molecule has 3 aromatic rings. The fraction of sp³-hybridized carbons (Fsp3) is 0.158. The predicted octanol–water partition coefficient (Wildman–Crippen LogP) is 3.84. The number of nitrogens with one attached hydrogen (secondary N) is 1. The number of amides is 1. The van der Waals surface area contributed by atoms with Gasteiger partial charge in [-0.15, -0.1) is 0 Å². The van der Waals surface area contributed by atoms with Crippen LogP contribution in [0.1, 0.15) is 21.6 Å². The lowest BCUT2D eigenvalue weighted by Crippen LogP contribution is -2.36. The summed E-state index contributed by atoms with van der Waals surface area (Å²) in [7, 11) is 0. The highest BCUT2D eigenvalue weighted by Gasteiger charge is 2.29. The van der Waals surface area contributed by atoms with Crippen molar-refractivity contribution in [1.82, 2.24) is 15.1 Å². The third kappa shape index (κ3) is 3.17. The van der Waals surface area contributed by atoms with Gasteiger partial charge in [0.25, 0.3) is 11.6 Å². The average molecular weight is 383 g/mol. The van der Waals surface area contributed by atoms with E-state index >= 15 is 0 Å². The molecule has 4 rings (SSSR count). The van der Waals surface area contributed by atoms with Gasteiger partial charge in [-0.1, -0.05) is 35.9 Å². The number of benzene rings is 2. The van der Waals surface area contributed by atoms with Gasteiger partial charge < -0.3 is 4.90 Å². The zero-order chi connectivity index (χ0) is 19.0. The molecule has 0 unspecified atom stereocenters. The summed E-state index contributed by atoms with van der Waals surface area (Å²) in [5.74, 6) is -0.351. The standard InChI is InChI=1S/C19H15ClN4O3/c20-13-7-5-12(6-8-13)18-15-11-23(10-9-16(15)21-22-18)19(25)14-3-1-2-4-17(14)24(26)27/h1-8H,9-11H2,(H,21,22). The van der Waals surface area contributed by atoms with Crippen molar-refractivity contribution in [3.63, 3.8) is 0 Å². The minimum Gasteiger partial charge on any atom is -0.334 e. The minimum atomic E-state index is -0.528. The second-order valence-electron chi connectivity index (χ2n) is 6.29. The summed E-state index contributed by atoms with van der Waals surface area (Å²) in [5, 5.41) is 19.3. The van der Waals surface area contributed by atoms with Crippen LogP contribution in [0.25, 0.3) is 11.3 Å². The van der Waals surface area contributed by atoms with Gasteiger partial charge in [0.15, 0.2) is 0 Å². The summed E-state index contributed by atoms with van der Waals surface area (Å²) in [4.78, 5) is 25.3. The predicted molar refractivity (Wildman–Crippen MR) is 101 cm³/mol. The fourth-order valence-corrected chi connectivity index (χ4v) is 3.42. The van der Waals surface area contributed by atoms with Crippen LogP contribution in [0.3, 0.4) is 0 Å². The molecular formula is C19H15ClN4O3. The van der Waals surface area contributed by atoms with Gasteiger partial charge in [-0.05, 0) is 18.2 Å². The normalized spacial score (nSPS) is 13.3. The monoisotopic (exact) mass is 382 g/mol. The zero-order valence-electron chi connectivity index (χ0n) is 14.2. The maximum atomic E-state index is 12.9. The number of nitro benzene ring substituents is 1. The van der Waals surface area contributed by atoms with E-state index in [2.05, 4.69) is 10.2 Å². The van der Waals surface area contributed by atoms with Crippen molar-refractivity contribution in [2.45, 2.75) is 13.0 Å². The number of aromatic nitrogens is 2. The first-order valence-electron chi connectivity index (χ1n) is 8.39.